The highest BCUT2D eigenvalue weighted by atomic mass is 35.5. The molecular formula is C17H26ClN3O. The van der Waals surface area contributed by atoms with E-state index in [-0.39, 0.29) is 6.54 Å². The molecule has 1 aromatic carbocycles. The number of nitrogens with one attached hydrogen (secondary N) is 1. The van der Waals surface area contributed by atoms with E-state index in [1.165, 1.54) is 25.7 Å². The van der Waals surface area contributed by atoms with Crippen molar-refractivity contribution in [2.75, 3.05) is 6.54 Å². The van der Waals surface area contributed by atoms with Gasteiger partial charge in [-0.3, -0.25) is 4.99 Å². The first-order valence-corrected chi connectivity index (χ1v) is 8.41. The lowest BCUT2D eigenvalue weighted by Crippen LogP contribution is -2.41. The number of benzene rings is 1. The van der Waals surface area contributed by atoms with Gasteiger partial charge in [-0.25, -0.2) is 0 Å². The van der Waals surface area contributed by atoms with Crippen LogP contribution >= 0.6 is 11.6 Å². The van der Waals surface area contributed by atoms with E-state index in [9.17, 15) is 5.11 Å². The highest BCUT2D eigenvalue weighted by molar-refractivity contribution is 6.31. The van der Waals surface area contributed by atoms with E-state index in [4.69, 9.17) is 17.3 Å². The lowest BCUT2D eigenvalue weighted by atomic mass is 9.96. The van der Waals surface area contributed by atoms with Crippen molar-refractivity contribution in [3.05, 3.63) is 34.9 Å². The number of nitrogens with two attached hydrogens (primary N) is 1. The molecule has 0 radical (unpaired) electrons. The molecule has 1 aliphatic carbocycles. The Morgan fingerprint density at radius 2 is 1.95 bits per heavy atom. The number of aliphatic imine (C=N–C) groups is 1. The van der Waals surface area contributed by atoms with Gasteiger partial charge in [0.1, 0.15) is 5.60 Å². The normalized spacial score (nSPS) is 20.2. The second kappa shape index (κ2) is 7.84. The summed E-state index contributed by atoms with van der Waals surface area (Å²) in [4.78, 5) is 4.31. The molecule has 1 atom stereocenters. The summed E-state index contributed by atoms with van der Waals surface area (Å²) < 4.78 is 0. The molecule has 22 heavy (non-hydrogen) atoms. The molecule has 1 aromatic rings. The van der Waals surface area contributed by atoms with Gasteiger partial charge in [-0.1, -0.05) is 55.5 Å². The molecule has 0 heterocycles. The molecule has 122 valence electrons. The molecule has 0 amide bonds. The fourth-order valence-electron chi connectivity index (χ4n) is 2.90. The molecule has 0 aromatic heterocycles. The Kier molecular flexibility index (Phi) is 6.09. The average molecular weight is 324 g/mol. The highest BCUT2D eigenvalue weighted by Gasteiger charge is 2.25. The zero-order valence-electron chi connectivity index (χ0n) is 13.2. The number of guanidine groups is 1. The molecular weight excluding hydrogens is 298 g/mol. The summed E-state index contributed by atoms with van der Waals surface area (Å²) in [5.41, 5.74) is 5.51. The van der Waals surface area contributed by atoms with Crippen molar-refractivity contribution in [1.29, 1.82) is 0 Å². The van der Waals surface area contributed by atoms with E-state index in [1.54, 1.807) is 13.0 Å². The smallest absolute Gasteiger partial charge is 0.188 e. The van der Waals surface area contributed by atoms with Crippen LogP contribution in [-0.2, 0) is 5.60 Å². The van der Waals surface area contributed by atoms with Crippen LogP contribution in [0.5, 0.6) is 0 Å². The summed E-state index contributed by atoms with van der Waals surface area (Å²) >= 11 is 6.14. The molecule has 1 unspecified atom stereocenters. The molecule has 1 saturated carbocycles. The summed E-state index contributed by atoms with van der Waals surface area (Å²) in [6.07, 6.45) is 7.35. The van der Waals surface area contributed by atoms with E-state index < -0.39 is 5.60 Å². The van der Waals surface area contributed by atoms with Crippen LogP contribution in [0.15, 0.2) is 29.3 Å². The lowest BCUT2D eigenvalue weighted by Gasteiger charge is -2.24. The summed E-state index contributed by atoms with van der Waals surface area (Å²) in [6, 6.07) is 7.67. The van der Waals surface area contributed by atoms with E-state index in [0.29, 0.717) is 22.6 Å². The lowest BCUT2D eigenvalue weighted by molar-refractivity contribution is 0.0674. The van der Waals surface area contributed by atoms with E-state index in [1.807, 2.05) is 18.2 Å². The molecule has 0 bridgehead atoms. The molecule has 1 fully saturated rings. The maximum atomic E-state index is 10.6. The van der Waals surface area contributed by atoms with E-state index in [2.05, 4.69) is 10.3 Å². The highest BCUT2D eigenvalue weighted by Crippen LogP contribution is 2.28. The Labute approximate surface area is 137 Å². The predicted molar refractivity (Wildman–Crippen MR) is 92.1 cm³/mol. The number of hydrogen-bond acceptors (Lipinski definition) is 2. The zero-order valence-corrected chi connectivity index (χ0v) is 13.9. The number of aliphatic hydroxyl groups is 1. The minimum Gasteiger partial charge on any atom is -0.383 e. The van der Waals surface area contributed by atoms with Crippen LogP contribution in [0, 0.1) is 0 Å². The third-order valence-electron chi connectivity index (χ3n) is 4.22. The van der Waals surface area contributed by atoms with Crippen LogP contribution < -0.4 is 11.1 Å². The molecule has 0 spiro atoms. The minimum atomic E-state index is -1.13. The van der Waals surface area contributed by atoms with Gasteiger partial charge in [0.25, 0.3) is 0 Å². The third kappa shape index (κ3) is 4.89. The first-order valence-electron chi connectivity index (χ1n) is 8.03. The molecule has 5 heteroatoms. The van der Waals surface area contributed by atoms with Crippen LogP contribution in [0.1, 0.15) is 51.0 Å². The predicted octanol–water partition coefficient (Wildman–Crippen LogP) is 3.17. The van der Waals surface area contributed by atoms with Crippen LogP contribution in [0.25, 0.3) is 0 Å². The first-order chi connectivity index (χ1) is 10.5. The topological polar surface area (TPSA) is 70.6 Å². The molecule has 4 N–H and O–H groups in total. The molecule has 0 aliphatic heterocycles. The summed E-state index contributed by atoms with van der Waals surface area (Å²) in [6.45, 7) is 1.89. The summed E-state index contributed by atoms with van der Waals surface area (Å²) in [5.74, 6) is 0.402. The van der Waals surface area contributed by atoms with E-state index in [0.717, 1.165) is 12.8 Å². The van der Waals surface area contributed by atoms with Gasteiger partial charge in [-0.2, -0.15) is 0 Å². The van der Waals surface area contributed by atoms with Crippen molar-refractivity contribution < 1.29 is 5.11 Å². The standard InChI is InChI=1S/C17H26ClN3O/c1-17(22,14-10-6-7-11-15(14)18)12-20-16(19)21-13-8-4-2-3-5-9-13/h6-7,10-11,13,22H,2-5,8-9,12H2,1H3,(H3,19,20,21). The second-order valence-corrected chi connectivity index (χ2v) is 6.70. The fourth-order valence-corrected chi connectivity index (χ4v) is 3.24. The molecule has 2 rings (SSSR count). The minimum absolute atomic E-state index is 0.183. The third-order valence-corrected chi connectivity index (χ3v) is 4.55. The fraction of sp³-hybridized carbons (Fsp3) is 0.588. The largest absolute Gasteiger partial charge is 0.383 e. The van der Waals surface area contributed by atoms with Gasteiger partial charge in [0, 0.05) is 16.6 Å². The van der Waals surface area contributed by atoms with Crippen molar-refractivity contribution >= 4 is 17.6 Å². The van der Waals surface area contributed by atoms with Gasteiger partial charge in [-0.15, -0.1) is 0 Å². The molecule has 4 nitrogen and oxygen atoms in total. The van der Waals surface area contributed by atoms with Gasteiger partial charge in [0.2, 0.25) is 0 Å². The Hall–Kier alpha value is -1.26. The van der Waals surface area contributed by atoms with Crippen LogP contribution in [0.3, 0.4) is 0 Å². The average Bonchev–Trinajstić information content (AvgIpc) is 2.74. The monoisotopic (exact) mass is 323 g/mol. The first kappa shape index (κ1) is 17.1. The number of halogens is 1. The van der Waals surface area contributed by atoms with Crippen molar-refractivity contribution in [2.45, 2.75) is 57.1 Å². The van der Waals surface area contributed by atoms with Crippen LogP contribution in [0.2, 0.25) is 5.02 Å². The number of rotatable bonds is 4. The van der Waals surface area contributed by atoms with Gasteiger partial charge in [-0.05, 0) is 25.8 Å². The van der Waals surface area contributed by atoms with Gasteiger partial charge in [0.05, 0.1) is 6.54 Å². The Bertz CT molecular complexity index is 508. The number of nitrogens with zero attached hydrogens (tertiary/aromatic N) is 1. The van der Waals surface area contributed by atoms with E-state index >= 15 is 0 Å². The van der Waals surface area contributed by atoms with Crippen molar-refractivity contribution in [1.82, 2.24) is 5.32 Å². The SMILES string of the molecule is CC(O)(CN=C(N)NC1CCCCCC1)c1ccccc1Cl. The summed E-state index contributed by atoms with van der Waals surface area (Å²) in [7, 11) is 0. The van der Waals surface area contributed by atoms with Gasteiger partial charge < -0.3 is 16.2 Å². The Morgan fingerprint density at radius 1 is 1.32 bits per heavy atom. The zero-order chi connectivity index (χ0) is 16.0. The molecule has 0 saturated heterocycles. The van der Waals surface area contributed by atoms with Crippen LogP contribution in [-0.4, -0.2) is 23.7 Å². The van der Waals surface area contributed by atoms with Crippen molar-refractivity contribution in [3.63, 3.8) is 0 Å². The quantitative estimate of drug-likeness (QED) is 0.453. The van der Waals surface area contributed by atoms with Gasteiger partial charge in [0.15, 0.2) is 5.96 Å². The molecule has 1 aliphatic rings. The van der Waals surface area contributed by atoms with Crippen molar-refractivity contribution in [2.24, 2.45) is 10.7 Å². The van der Waals surface area contributed by atoms with Gasteiger partial charge >= 0.3 is 0 Å². The van der Waals surface area contributed by atoms with Crippen LogP contribution in [0.4, 0.5) is 0 Å². The maximum absolute atomic E-state index is 10.6. The number of hydrogen-bond donors (Lipinski definition) is 3. The summed E-state index contributed by atoms with van der Waals surface area (Å²) in [5, 5.41) is 14.4. The Morgan fingerprint density at radius 3 is 2.59 bits per heavy atom. The Balaban J connectivity index is 1.95. The maximum Gasteiger partial charge on any atom is 0.188 e. The second-order valence-electron chi connectivity index (χ2n) is 6.29. The van der Waals surface area contributed by atoms with Crippen molar-refractivity contribution in [3.8, 4) is 0 Å².